The molecule has 2 aromatic carbocycles. The molecule has 2 rings (SSSR count). The molecule has 0 fully saturated rings. The minimum absolute atomic E-state index is 0.102. The van der Waals surface area contributed by atoms with Gasteiger partial charge < -0.3 is 19.4 Å². The molecule has 0 aliphatic carbocycles. The van der Waals surface area contributed by atoms with E-state index in [1.807, 2.05) is 36.4 Å². The molecule has 32 heavy (non-hydrogen) atoms. The van der Waals surface area contributed by atoms with Crippen LogP contribution >= 0.6 is 22.6 Å². The molecule has 7 heteroatoms. The van der Waals surface area contributed by atoms with Crippen molar-refractivity contribution in [2.75, 3.05) is 13.7 Å². The van der Waals surface area contributed by atoms with Crippen LogP contribution in [0.2, 0.25) is 5.04 Å². The number of carbonyl (C=O) groups is 1. The Labute approximate surface area is 205 Å². The summed E-state index contributed by atoms with van der Waals surface area (Å²) < 4.78 is 11.1. The summed E-state index contributed by atoms with van der Waals surface area (Å²) in [7, 11) is -1.41. The van der Waals surface area contributed by atoms with Gasteiger partial charge in [-0.05, 0) is 21.5 Å². The number of esters is 1. The molecule has 0 saturated heterocycles. The monoisotopic (exact) mass is 568 g/mol. The van der Waals surface area contributed by atoms with Gasteiger partial charge in [-0.25, -0.2) is 4.79 Å². The van der Waals surface area contributed by atoms with E-state index < -0.39 is 26.5 Å². The lowest BCUT2D eigenvalue weighted by Crippen LogP contribution is -2.67. The highest BCUT2D eigenvalue weighted by atomic mass is 127. The van der Waals surface area contributed by atoms with Gasteiger partial charge in [-0.2, -0.15) is 0 Å². The number of rotatable bonds is 10. The molecule has 0 unspecified atom stereocenters. The predicted molar refractivity (Wildman–Crippen MR) is 139 cm³/mol. The van der Waals surface area contributed by atoms with Crippen molar-refractivity contribution >= 4 is 47.3 Å². The Kier molecular flexibility index (Phi) is 10.1. The molecule has 2 aromatic rings. The lowest BCUT2D eigenvalue weighted by Gasteiger charge is -2.43. The second-order valence-electron chi connectivity index (χ2n) is 8.74. The Bertz CT molecular complexity index is 827. The van der Waals surface area contributed by atoms with E-state index in [9.17, 15) is 15.0 Å². The fraction of sp³-hybridized carbons (Fsp3) is 0.400. The van der Waals surface area contributed by atoms with E-state index in [0.717, 1.165) is 0 Å². The summed E-state index contributed by atoms with van der Waals surface area (Å²) in [5.74, 6) is -0.542. The Balaban J connectivity index is 2.26. The summed E-state index contributed by atoms with van der Waals surface area (Å²) in [5.41, 5.74) is 0. The van der Waals surface area contributed by atoms with E-state index >= 15 is 0 Å². The molecular weight excluding hydrogens is 535 g/mol. The zero-order valence-corrected chi connectivity index (χ0v) is 22.2. The Morgan fingerprint density at radius 2 is 1.53 bits per heavy atom. The van der Waals surface area contributed by atoms with Gasteiger partial charge >= 0.3 is 5.97 Å². The standard InChI is InChI=1S/C25H33IO5Si/c1-25(2,3)32(20-11-7-5-8-12-20,21-13-9-6-10-14-21)31-18-22(26)23(28)17-19(27)15-16-24(29)30-4/h5-16,19,22-23,27-28H,17-18H2,1-4H3/b16-15+/t19-,22-,23-/m0/s1. The number of aliphatic hydroxyl groups is 2. The van der Waals surface area contributed by atoms with E-state index in [1.54, 1.807) is 0 Å². The summed E-state index contributed by atoms with van der Waals surface area (Å²) in [6, 6.07) is 20.7. The highest BCUT2D eigenvalue weighted by Gasteiger charge is 2.50. The zero-order valence-electron chi connectivity index (χ0n) is 19.1. The predicted octanol–water partition coefficient (Wildman–Crippen LogP) is 3.21. The smallest absolute Gasteiger partial charge is 0.330 e. The maximum atomic E-state index is 11.2. The van der Waals surface area contributed by atoms with Crippen LogP contribution in [0.1, 0.15) is 27.2 Å². The summed E-state index contributed by atoms with van der Waals surface area (Å²) >= 11 is 2.18. The van der Waals surface area contributed by atoms with Crippen molar-refractivity contribution in [3.05, 3.63) is 72.8 Å². The van der Waals surface area contributed by atoms with Crippen molar-refractivity contribution in [1.29, 1.82) is 0 Å². The third-order valence-corrected chi connectivity index (χ3v) is 11.6. The van der Waals surface area contributed by atoms with E-state index in [-0.39, 0.29) is 15.4 Å². The minimum atomic E-state index is -2.69. The quantitative estimate of drug-likeness (QED) is 0.152. The number of carbonyl (C=O) groups excluding carboxylic acids is 1. The fourth-order valence-electron chi connectivity index (χ4n) is 3.81. The fourth-order valence-corrected chi connectivity index (χ4v) is 9.21. The lowest BCUT2D eigenvalue weighted by molar-refractivity contribution is -0.134. The first-order chi connectivity index (χ1) is 15.1. The first-order valence-corrected chi connectivity index (χ1v) is 13.8. The van der Waals surface area contributed by atoms with Gasteiger partial charge in [-0.1, -0.05) is 104 Å². The molecule has 0 spiro atoms. The van der Waals surface area contributed by atoms with E-state index in [2.05, 4.69) is 72.4 Å². The number of hydrogen-bond donors (Lipinski definition) is 2. The number of benzene rings is 2. The van der Waals surface area contributed by atoms with Crippen molar-refractivity contribution in [3.63, 3.8) is 0 Å². The normalized spacial score (nSPS) is 15.3. The Morgan fingerprint density at radius 1 is 1.03 bits per heavy atom. The molecular formula is C25H33IO5Si. The first-order valence-electron chi connectivity index (χ1n) is 10.6. The average molecular weight is 569 g/mol. The largest absolute Gasteiger partial charge is 0.466 e. The number of halogens is 1. The molecule has 0 saturated carbocycles. The van der Waals surface area contributed by atoms with Gasteiger partial charge in [-0.15, -0.1) is 0 Å². The minimum Gasteiger partial charge on any atom is -0.466 e. The number of aliphatic hydroxyl groups excluding tert-OH is 2. The van der Waals surface area contributed by atoms with E-state index in [1.165, 1.54) is 29.6 Å². The molecule has 0 aromatic heterocycles. The summed E-state index contributed by atoms with van der Waals surface area (Å²) in [6.07, 6.45) is 0.853. The Morgan fingerprint density at radius 3 is 1.97 bits per heavy atom. The van der Waals surface area contributed by atoms with Gasteiger partial charge in [-0.3, -0.25) is 0 Å². The Hall–Kier alpha value is -1.52. The highest BCUT2D eigenvalue weighted by Crippen LogP contribution is 2.37. The number of hydrogen-bond acceptors (Lipinski definition) is 5. The second-order valence-corrected chi connectivity index (χ2v) is 14.6. The number of alkyl halides is 1. The third-order valence-electron chi connectivity index (χ3n) is 5.43. The molecule has 3 atom stereocenters. The molecule has 0 amide bonds. The summed E-state index contributed by atoms with van der Waals surface area (Å²) in [4.78, 5) is 11.2. The van der Waals surface area contributed by atoms with Gasteiger partial charge in [0.1, 0.15) is 0 Å². The van der Waals surface area contributed by atoms with Gasteiger partial charge in [0.05, 0.1) is 23.2 Å². The molecule has 0 aliphatic heterocycles. The number of methoxy groups -OCH3 is 1. The van der Waals surface area contributed by atoms with Crippen LogP contribution in [0.3, 0.4) is 0 Å². The van der Waals surface area contributed by atoms with Crippen molar-refractivity contribution in [1.82, 2.24) is 0 Å². The van der Waals surface area contributed by atoms with Gasteiger partial charge in [0, 0.05) is 19.1 Å². The van der Waals surface area contributed by atoms with E-state index in [0.29, 0.717) is 6.61 Å². The van der Waals surface area contributed by atoms with Crippen LogP contribution in [0, 0.1) is 0 Å². The lowest BCUT2D eigenvalue weighted by atomic mass is 10.1. The average Bonchev–Trinajstić information content (AvgIpc) is 2.78. The maximum Gasteiger partial charge on any atom is 0.330 e. The van der Waals surface area contributed by atoms with Crippen LogP contribution in [0.5, 0.6) is 0 Å². The highest BCUT2D eigenvalue weighted by molar-refractivity contribution is 14.1. The van der Waals surface area contributed by atoms with Crippen LogP contribution in [0.25, 0.3) is 0 Å². The number of ether oxygens (including phenoxy) is 1. The molecule has 2 N–H and O–H groups in total. The van der Waals surface area contributed by atoms with Gasteiger partial charge in [0.2, 0.25) is 0 Å². The molecule has 0 radical (unpaired) electrons. The van der Waals surface area contributed by atoms with Gasteiger partial charge in [0.25, 0.3) is 8.32 Å². The maximum absolute atomic E-state index is 11.2. The summed E-state index contributed by atoms with van der Waals surface area (Å²) in [5, 5.41) is 23.0. The van der Waals surface area contributed by atoms with Gasteiger partial charge in [0.15, 0.2) is 0 Å². The van der Waals surface area contributed by atoms with Crippen LogP contribution in [0.4, 0.5) is 0 Å². The second kappa shape index (κ2) is 12.1. The summed E-state index contributed by atoms with van der Waals surface area (Å²) in [6.45, 7) is 6.96. The first kappa shape index (κ1) is 26.7. The third kappa shape index (κ3) is 6.74. The molecule has 0 bridgehead atoms. The van der Waals surface area contributed by atoms with E-state index in [4.69, 9.17) is 4.43 Å². The van der Waals surface area contributed by atoms with Crippen molar-refractivity contribution < 1.29 is 24.2 Å². The zero-order chi connectivity index (χ0) is 23.8. The van der Waals surface area contributed by atoms with Crippen LogP contribution < -0.4 is 10.4 Å². The molecule has 0 heterocycles. The molecule has 174 valence electrons. The van der Waals surface area contributed by atoms with Crippen LogP contribution in [-0.4, -0.2) is 54.3 Å². The molecule has 0 aliphatic rings. The molecule has 5 nitrogen and oxygen atoms in total. The van der Waals surface area contributed by atoms with Crippen molar-refractivity contribution in [3.8, 4) is 0 Å². The topological polar surface area (TPSA) is 76.0 Å². The van der Waals surface area contributed by atoms with Crippen molar-refractivity contribution in [2.24, 2.45) is 0 Å². The SMILES string of the molecule is COC(=O)/C=C/[C@H](O)C[C@H](O)[C@@H](I)CO[Si](c1ccccc1)(c1ccccc1)C(C)(C)C. The van der Waals surface area contributed by atoms with Crippen LogP contribution in [-0.2, 0) is 14.0 Å². The van der Waals surface area contributed by atoms with Crippen LogP contribution in [0.15, 0.2) is 72.8 Å². The van der Waals surface area contributed by atoms with Crippen molar-refractivity contribution in [2.45, 2.75) is 48.4 Å².